The molecule has 1 N–H and O–H groups in total. The van der Waals surface area contributed by atoms with E-state index in [0.29, 0.717) is 42.1 Å². The van der Waals surface area contributed by atoms with Crippen molar-refractivity contribution in [3.63, 3.8) is 0 Å². The summed E-state index contributed by atoms with van der Waals surface area (Å²) in [6.07, 6.45) is 2.16. The number of nitrogens with one attached hydrogen (secondary N) is 1. The van der Waals surface area contributed by atoms with E-state index in [1.54, 1.807) is 0 Å². The molecule has 0 bridgehead atoms. The highest BCUT2D eigenvalue weighted by molar-refractivity contribution is 5.74. The molecule has 2 aliphatic rings. The summed E-state index contributed by atoms with van der Waals surface area (Å²) >= 11 is 0. The topological polar surface area (TPSA) is 98.4 Å². The van der Waals surface area contributed by atoms with Crippen LogP contribution < -0.4 is 19.7 Å². The molecule has 1 fully saturated rings. The Balaban J connectivity index is 1.38. The Hall–Kier alpha value is -3.10. The van der Waals surface area contributed by atoms with Gasteiger partial charge in [-0.15, -0.1) is 0 Å². The molecule has 5 rings (SSSR count). The Kier molecular flexibility index (Phi) is 3.51. The molecule has 2 aromatic heterocycles. The Morgan fingerprint density at radius 1 is 1.12 bits per heavy atom. The van der Waals surface area contributed by atoms with Crippen LogP contribution in [-0.4, -0.2) is 52.6 Å². The molecule has 1 atom stereocenters. The summed E-state index contributed by atoms with van der Waals surface area (Å²) in [5, 5.41) is 11.0. The molecule has 0 spiro atoms. The minimum Gasteiger partial charge on any atom is -0.486 e. The van der Waals surface area contributed by atoms with Crippen molar-refractivity contribution in [1.29, 1.82) is 0 Å². The Morgan fingerprint density at radius 2 is 1.88 bits per heavy atom. The van der Waals surface area contributed by atoms with Gasteiger partial charge in [-0.2, -0.15) is 0 Å². The maximum atomic E-state index is 6.05. The second kappa shape index (κ2) is 6.01. The zero-order valence-electron chi connectivity index (χ0n) is 14.3. The summed E-state index contributed by atoms with van der Waals surface area (Å²) in [4.78, 5) is 11.1. The third-order valence-electron chi connectivity index (χ3n) is 4.42. The summed E-state index contributed by atoms with van der Waals surface area (Å²) in [5.41, 5.74) is 0.788. The lowest BCUT2D eigenvalue weighted by molar-refractivity contribution is 0.0959. The second-order valence-electron chi connectivity index (χ2n) is 6.60. The summed E-state index contributed by atoms with van der Waals surface area (Å²) in [7, 11) is 1.95. The third-order valence-corrected chi connectivity index (χ3v) is 4.42. The van der Waals surface area contributed by atoms with E-state index in [4.69, 9.17) is 14.1 Å². The first-order valence-electron chi connectivity index (χ1n) is 8.63. The normalized spacial score (nSPS) is 18.7. The zero-order valence-corrected chi connectivity index (χ0v) is 14.3. The first kappa shape index (κ1) is 15.2. The van der Waals surface area contributed by atoms with E-state index in [1.165, 1.54) is 0 Å². The van der Waals surface area contributed by atoms with Gasteiger partial charge in [-0.1, -0.05) is 12.1 Å². The quantitative estimate of drug-likeness (QED) is 0.736. The molecular formula is C17H18N6O3. The first-order valence-corrected chi connectivity index (χ1v) is 8.63. The van der Waals surface area contributed by atoms with Crippen LogP contribution in [-0.2, 0) is 0 Å². The van der Waals surface area contributed by atoms with Gasteiger partial charge in [-0.3, -0.25) is 0 Å². The number of fused-ring (bicyclic) bond motifs is 2. The summed E-state index contributed by atoms with van der Waals surface area (Å²) in [6.45, 7) is 1.08. The SMILES string of the molecule is CN(CC1COc2ccccc2O1)c1nc2nonc2nc1NC1CC1. The molecule has 3 aromatic rings. The van der Waals surface area contributed by atoms with Gasteiger partial charge < -0.3 is 19.7 Å². The number of hydrogen-bond donors (Lipinski definition) is 1. The Bertz CT molecular complexity index is 941. The van der Waals surface area contributed by atoms with Gasteiger partial charge >= 0.3 is 0 Å². The maximum absolute atomic E-state index is 6.05. The van der Waals surface area contributed by atoms with Crippen LogP contribution in [0.5, 0.6) is 11.5 Å². The highest BCUT2D eigenvalue weighted by Gasteiger charge is 2.27. The summed E-state index contributed by atoms with van der Waals surface area (Å²) in [6, 6.07) is 8.12. The molecular weight excluding hydrogens is 336 g/mol. The lowest BCUT2D eigenvalue weighted by atomic mass is 10.2. The highest BCUT2D eigenvalue weighted by Crippen LogP contribution is 2.33. The van der Waals surface area contributed by atoms with Gasteiger partial charge in [0.05, 0.1) is 6.54 Å². The Morgan fingerprint density at radius 3 is 2.69 bits per heavy atom. The molecule has 1 aromatic carbocycles. The summed E-state index contributed by atoms with van der Waals surface area (Å²) < 4.78 is 16.6. The molecule has 9 nitrogen and oxygen atoms in total. The minimum absolute atomic E-state index is 0.114. The molecule has 26 heavy (non-hydrogen) atoms. The van der Waals surface area contributed by atoms with Crippen LogP contribution in [0.1, 0.15) is 12.8 Å². The van der Waals surface area contributed by atoms with E-state index in [2.05, 4.69) is 25.6 Å². The number of benzene rings is 1. The fraction of sp³-hybridized carbons (Fsp3) is 0.412. The number of nitrogens with zero attached hydrogens (tertiary/aromatic N) is 5. The smallest absolute Gasteiger partial charge is 0.245 e. The number of likely N-dealkylation sites (N-methyl/N-ethyl adjacent to an activating group) is 1. The monoisotopic (exact) mass is 354 g/mol. The van der Waals surface area contributed by atoms with Crippen LogP contribution in [0.2, 0.25) is 0 Å². The van der Waals surface area contributed by atoms with E-state index in [-0.39, 0.29) is 6.10 Å². The molecule has 0 radical (unpaired) electrons. The van der Waals surface area contributed by atoms with Crippen molar-refractivity contribution in [3.8, 4) is 11.5 Å². The average Bonchev–Trinajstić information content (AvgIpc) is 3.35. The second-order valence-corrected chi connectivity index (χ2v) is 6.60. The minimum atomic E-state index is -0.114. The van der Waals surface area contributed by atoms with E-state index >= 15 is 0 Å². The molecule has 1 unspecified atom stereocenters. The zero-order chi connectivity index (χ0) is 17.5. The predicted molar refractivity (Wildman–Crippen MR) is 93.7 cm³/mol. The predicted octanol–water partition coefficient (Wildman–Crippen LogP) is 1.86. The van der Waals surface area contributed by atoms with Crippen molar-refractivity contribution >= 4 is 22.9 Å². The number of rotatable bonds is 5. The molecule has 1 aliphatic heterocycles. The van der Waals surface area contributed by atoms with Crippen LogP contribution in [0, 0.1) is 0 Å². The van der Waals surface area contributed by atoms with Gasteiger partial charge in [0.1, 0.15) is 6.61 Å². The molecule has 0 saturated heterocycles. The lowest BCUT2D eigenvalue weighted by Crippen LogP contribution is -2.40. The summed E-state index contributed by atoms with van der Waals surface area (Å²) in [5.74, 6) is 2.92. The van der Waals surface area contributed by atoms with Crippen LogP contribution in [0.4, 0.5) is 11.6 Å². The van der Waals surface area contributed by atoms with Crippen LogP contribution in [0.3, 0.4) is 0 Å². The lowest BCUT2D eigenvalue weighted by Gasteiger charge is -2.30. The molecule has 0 amide bonds. The first-order chi connectivity index (χ1) is 12.8. The molecule has 1 saturated carbocycles. The van der Waals surface area contributed by atoms with Crippen molar-refractivity contribution in [3.05, 3.63) is 24.3 Å². The van der Waals surface area contributed by atoms with E-state index in [1.807, 2.05) is 36.2 Å². The standard InChI is InChI=1S/C17H18N6O3/c1-23(8-11-9-24-12-4-2-3-5-13(12)25-11)17-16(18-10-6-7-10)19-14-15(20-17)22-26-21-14/h2-5,10-11H,6-9H2,1H3,(H,18,19,21). The van der Waals surface area contributed by atoms with Gasteiger partial charge in [-0.25, -0.2) is 14.6 Å². The number of hydrogen-bond acceptors (Lipinski definition) is 9. The van der Waals surface area contributed by atoms with Gasteiger partial charge in [0, 0.05) is 13.1 Å². The van der Waals surface area contributed by atoms with Crippen LogP contribution in [0.25, 0.3) is 11.3 Å². The number of anilines is 2. The van der Waals surface area contributed by atoms with Crippen molar-refractivity contribution in [2.45, 2.75) is 25.0 Å². The molecule has 9 heteroatoms. The molecule has 134 valence electrons. The average molecular weight is 354 g/mol. The fourth-order valence-electron chi connectivity index (χ4n) is 2.96. The van der Waals surface area contributed by atoms with E-state index in [0.717, 1.165) is 24.3 Å². The van der Waals surface area contributed by atoms with Gasteiger partial charge in [0.25, 0.3) is 0 Å². The largest absolute Gasteiger partial charge is 0.486 e. The van der Waals surface area contributed by atoms with Crippen molar-refractivity contribution in [2.24, 2.45) is 0 Å². The number of ether oxygens (including phenoxy) is 2. The van der Waals surface area contributed by atoms with Crippen LogP contribution >= 0.6 is 0 Å². The maximum Gasteiger partial charge on any atom is 0.245 e. The Labute approximate surface area is 149 Å². The third kappa shape index (κ3) is 2.85. The number of aromatic nitrogens is 4. The van der Waals surface area contributed by atoms with Crippen molar-refractivity contribution in [1.82, 2.24) is 20.3 Å². The van der Waals surface area contributed by atoms with Crippen molar-refractivity contribution in [2.75, 3.05) is 30.4 Å². The van der Waals surface area contributed by atoms with Crippen LogP contribution in [0.15, 0.2) is 28.9 Å². The van der Waals surface area contributed by atoms with Gasteiger partial charge in [0.2, 0.25) is 11.3 Å². The molecule has 3 heterocycles. The highest BCUT2D eigenvalue weighted by atomic mass is 16.6. The van der Waals surface area contributed by atoms with E-state index < -0.39 is 0 Å². The fourth-order valence-corrected chi connectivity index (χ4v) is 2.96. The van der Waals surface area contributed by atoms with Crippen molar-refractivity contribution < 1.29 is 14.1 Å². The number of para-hydroxylation sites is 2. The van der Waals surface area contributed by atoms with Gasteiger partial charge in [-0.05, 0) is 35.3 Å². The van der Waals surface area contributed by atoms with E-state index in [9.17, 15) is 0 Å². The molecule has 1 aliphatic carbocycles. The van der Waals surface area contributed by atoms with Gasteiger partial charge in [0.15, 0.2) is 29.2 Å².